The van der Waals surface area contributed by atoms with E-state index in [9.17, 15) is 9.18 Å². The maximum absolute atomic E-state index is 13.2. The molecule has 2 aromatic rings. The van der Waals surface area contributed by atoms with Crippen molar-refractivity contribution in [1.82, 2.24) is 5.32 Å². The summed E-state index contributed by atoms with van der Waals surface area (Å²) in [6.07, 6.45) is 0.366. The molecule has 126 valence electrons. The molecule has 0 radical (unpaired) electrons. The highest BCUT2D eigenvalue weighted by molar-refractivity contribution is 5.94. The minimum Gasteiger partial charge on any atom is -0.493 e. The van der Waals surface area contributed by atoms with Gasteiger partial charge in [0, 0.05) is 17.5 Å². The van der Waals surface area contributed by atoms with Crippen molar-refractivity contribution in [2.45, 2.75) is 12.5 Å². The van der Waals surface area contributed by atoms with E-state index in [1.165, 1.54) is 26.4 Å². The van der Waals surface area contributed by atoms with Gasteiger partial charge in [-0.2, -0.15) is 0 Å². The largest absolute Gasteiger partial charge is 0.493 e. The molecule has 3 rings (SSSR count). The van der Waals surface area contributed by atoms with Gasteiger partial charge >= 0.3 is 0 Å². The van der Waals surface area contributed by atoms with E-state index in [-0.39, 0.29) is 17.8 Å². The Hall–Kier alpha value is -2.76. The number of nitrogens with one attached hydrogen (secondary N) is 1. The number of amides is 1. The van der Waals surface area contributed by atoms with Crippen LogP contribution >= 0.6 is 0 Å². The molecule has 0 saturated heterocycles. The number of fused-ring (bicyclic) bond motifs is 1. The summed E-state index contributed by atoms with van der Waals surface area (Å²) >= 11 is 0. The van der Waals surface area contributed by atoms with Gasteiger partial charge in [0.2, 0.25) is 0 Å². The number of carbonyl (C=O) groups excluding carboxylic acids is 1. The summed E-state index contributed by atoms with van der Waals surface area (Å²) in [7, 11) is 3.05. The first-order valence-electron chi connectivity index (χ1n) is 7.56. The fraction of sp³-hybridized carbons (Fsp3) is 0.278. The van der Waals surface area contributed by atoms with Crippen LogP contribution in [-0.4, -0.2) is 32.8 Å². The van der Waals surface area contributed by atoms with Gasteiger partial charge in [-0.25, -0.2) is 4.39 Å². The lowest BCUT2D eigenvalue weighted by molar-refractivity contribution is 0.0933. The first-order valence-corrected chi connectivity index (χ1v) is 7.56. The van der Waals surface area contributed by atoms with Crippen LogP contribution in [0.5, 0.6) is 17.2 Å². The normalized spacial score (nSPS) is 15.4. The van der Waals surface area contributed by atoms with Crippen LogP contribution in [0.15, 0.2) is 36.4 Å². The molecule has 1 amide bonds. The lowest BCUT2D eigenvalue weighted by atomic mass is 10.1. The van der Waals surface area contributed by atoms with E-state index in [0.29, 0.717) is 35.8 Å². The zero-order valence-electron chi connectivity index (χ0n) is 13.5. The van der Waals surface area contributed by atoms with Crippen molar-refractivity contribution in [3.8, 4) is 17.2 Å². The average molecular weight is 331 g/mol. The Balaban J connectivity index is 1.61. The van der Waals surface area contributed by atoms with Crippen molar-refractivity contribution in [1.29, 1.82) is 0 Å². The van der Waals surface area contributed by atoms with Gasteiger partial charge in [0.15, 0.2) is 11.5 Å². The molecule has 1 aliphatic rings. The van der Waals surface area contributed by atoms with Crippen LogP contribution < -0.4 is 19.5 Å². The van der Waals surface area contributed by atoms with Gasteiger partial charge in [-0.3, -0.25) is 4.79 Å². The zero-order chi connectivity index (χ0) is 17.1. The Kier molecular flexibility index (Phi) is 4.55. The molecule has 6 heteroatoms. The SMILES string of the molecule is COc1ccc(C(=O)NC[C@H]2Cc3cc(F)ccc3O2)cc1OC. The Morgan fingerprint density at radius 2 is 2.00 bits per heavy atom. The maximum Gasteiger partial charge on any atom is 0.251 e. The van der Waals surface area contributed by atoms with Gasteiger partial charge in [-0.05, 0) is 36.4 Å². The Morgan fingerprint density at radius 3 is 2.75 bits per heavy atom. The molecule has 0 aliphatic carbocycles. The maximum atomic E-state index is 13.2. The van der Waals surface area contributed by atoms with E-state index in [2.05, 4.69) is 5.32 Å². The number of carbonyl (C=O) groups is 1. The number of methoxy groups -OCH3 is 2. The van der Waals surface area contributed by atoms with Crippen LogP contribution in [0.2, 0.25) is 0 Å². The van der Waals surface area contributed by atoms with Gasteiger partial charge in [0.05, 0.1) is 20.8 Å². The fourth-order valence-corrected chi connectivity index (χ4v) is 2.69. The molecule has 0 fully saturated rings. The predicted octanol–water partition coefficient (Wildman–Crippen LogP) is 2.58. The highest BCUT2D eigenvalue weighted by atomic mass is 19.1. The topological polar surface area (TPSA) is 56.8 Å². The molecule has 2 aromatic carbocycles. The average Bonchev–Trinajstić information content (AvgIpc) is 3.00. The van der Waals surface area contributed by atoms with Crippen LogP contribution in [0, 0.1) is 5.82 Å². The molecular formula is C18H18FNO4. The molecule has 5 nitrogen and oxygen atoms in total. The number of hydrogen-bond acceptors (Lipinski definition) is 4. The standard InChI is InChI=1S/C18H18FNO4/c1-22-16-5-3-11(9-17(16)23-2)18(21)20-10-14-8-12-7-13(19)4-6-15(12)24-14/h3-7,9,14H,8,10H2,1-2H3,(H,20,21)/t14-/m1/s1. The minimum absolute atomic E-state index is 0.203. The predicted molar refractivity (Wildman–Crippen MR) is 86.4 cm³/mol. The van der Waals surface area contributed by atoms with Crippen molar-refractivity contribution in [3.63, 3.8) is 0 Å². The fourth-order valence-electron chi connectivity index (χ4n) is 2.69. The van der Waals surface area contributed by atoms with Crippen molar-refractivity contribution in [3.05, 3.63) is 53.3 Å². The lowest BCUT2D eigenvalue weighted by Gasteiger charge is -2.13. The van der Waals surface area contributed by atoms with Gasteiger partial charge in [0.25, 0.3) is 5.91 Å². The number of halogens is 1. The molecule has 0 saturated carbocycles. The van der Waals surface area contributed by atoms with Gasteiger partial charge in [-0.15, -0.1) is 0 Å². The number of benzene rings is 2. The summed E-state index contributed by atoms with van der Waals surface area (Å²) in [5, 5.41) is 2.83. The first kappa shape index (κ1) is 16.1. The van der Waals surface area contributed by atoms with Crippen LogP contribution in [0.4, 0.5) is 4.39 Å². The second-order valence-electron chi connectivity index (χ2n) is 5.48. The molecule has 0 unspecified atom stereocenters. The summed E-state index contributed by atoms with van der Waals surface area (Å²) in [6, 6.07) is 9.40. The highest BCUT2D eigenvalue weighted by Crippen LogP contribution is 2.29. The molecule has 1 heterocycles. The number of hydrogen-bond donors (Lipinski definition) is 1. The Labute approximate surface area is 139 Å². The van der Waals surface area contributed by atoms with Gasteiger partial charge < -0.3 is 19.5 Å². The van der Waals surface area contributed by atoms with Gasteiger partial charge in [-0.1, -0.05) is 0 Å². The van der Waals surface area contributed by atoms with E-state index >= 15 is 0 Å². The molecule has 1 aliphatic heterocycles. The van der Waals surface area contributed by atoms with Gasteiger partial charge in [0.1, 0.15) is 17.7 Å². The molecule has 0 bridgehead atoms. The highest BCUT2D eigenvalue weighted by Gasteiger charge is 2.24. The molecule has 0 aromatic heterocycles. The van der Waals surface area contributed by atoms with Crippen LogP contribution in [-0.2, 0) is 6.42 Å². The summed E-state index contributed by atoms with van der Waals surface area (Å²) < 4.78 is 29.3. The second-order valence-corrected chi connectivity index (χ2v) is 5.48. The summed E-state index contributed by atoms with van der Waals surface area (Å²) in [5.74, 6) is 1.20. The molecular weight excluding hydrogens is 313 g/mol. The van der Waals surface area contributed by atoms with Crippen molar-refractivity contribution >= 4 is 5.91 Å². The molecule has 1 atom stereocenters. The van der Waals surface area contributed by atoms with E-state index in [4.69, 9.17) is 14.2 Å². The third-order valence-corrected chi connectivity index (χ3v) is 3.90. The van der Waals surface area contributed by atoms with E-state index in [1.54, 1.807) is 24.3 Å². The minimum atomic E-state index is -0.285. The van der Waals surface area contributed by atoms with Crippen LogP contribution in [0.1, 0.15) is 15.9 Å². The zero-order valence-corrected chi connectivity index (χ0v) is 13.5. The molecule has 1 N–H and O–H groups in total. The smallest absolute Gasteiger partial charge is 0.251 e. The summed E-state index contributed by atoms with van der Waals surface area (Å²) in [6.45, 7) is 0.337. The second kappa shape index (κ2) is 6.78. The monoisotopic (exact) mass is 331 g/mol. The van der Waals surface area contributed by atoms with Crippen molar-refractivity contribution in [2.75, 3.05) is 20.8 Å². The Bertz CT molecular complexity index is 763. The Morgan fingerprint density at radius 1 is 1.21 bits per heavy atom. The van der Waals surface area contributed by atoms with Crippen LogP contribution in [0.25, 0.3) is 0 Å². The van der Waals surface area contributed by atoms with E-state index in [0.717, 1.165) is 5.56 Å². The van der Waals surface area contributed by atoms with E-state index in [1.807, 2.05) is 0 Å². The number of rotatable bonds is 5. The number of ether oxygens (including phenoxy) is 3. The quantitative estimate of drug-likeness (QED) is 0.915. The molecule has 0 spiro atoms. The van der Waals surface area contributed by atoms with Crippen molar-refractivity contribution in [2.24, 2.45) is 0 Å². The lowest BCUT2D eigenvalue weighted by Crippen LogP contribution is -2.34. The van der Waals surface area contributed by atoms with Crippen molar-refractivity contribution < 1.29 is 23.4 Å². The third-order valence-electron chi connectivity index (χ3n) is 3.90. The van der Waals surface area contributed by atoms with E-state index < -0.39 is 0 Å². The van der Waals surface area contributed by atoms with Crippen LogP contribution in [0.3, 0.4) is 0 Å². The first-order chi connectivity index (χ1) is 11.6. The summed E-state index contributed by atoms with van der Waals surface area (Å²) in [4.78, 5) is 12.3. The third kappa shape index (κ3) is 3.27. The molecule has 24 heavy (non-hydrogen) atoms. The summed E-state index contributed by atoms with van der Waals surface area (Å²) in [5.41, 5.74) is 1.29.